The van der Waals surface area contributed by atoms with Crippen LogP contribution in [0.2, 0.25) is 0 Å². The fourth-order valence-electron chi connectivity index (χ4n) is 1.67. The number of nitrogens with zero attached hydrogens (tertiary/aromatic N) is 2. The number of hydrogen-bond acceptors (Lipinski definition) is 2. The topological polar surface area (TPSA) is 43.3 Å². The molecule has 2 N–H and O–H groups in total. The number of hydrogen-bond donors (Lipinski definition) is 1. The summed E-state index contributed by atoms with van der Waals surface area (Å²) in [6.07, 6.45) is 1.92. The molecule has 0 saturated heterocycles. The molecule has 14 heavy (non-hydrogen) atoms. The van der Waals surface area contributed by atoms with Gasteiger partial charge in [-0.3, -0.25) is 0 Å². The Morgan fingerprint density at radius 3 is 3.00 bits per heavy atom. The van der Waals surface area contributed by atoms with Crippen molar-refractivity contribution < 1.29 is 0 Å². The molecule has 0 aliphatic carbocycles. The molecule has 1 atom stereocenters. The second kappa shape index (κ2) is 3.42. The first-order valence-corrected chi connectivity index (χ1v) is 4.87. The van der Waals surface area contributed by atoms with Gasteiger partial charge in [-0.1, -0.05) is 13.0 Å². The summed E-state index contributed by atoms with van der Waals surface area (Å²) in [5, 5.41) is 4.35. The minimum atomic E-state index is 0.370. The Labute approximate surface area is 83.5 Å². The van der Waals surface area contributed by atoms with Crippen LogP contribution in [0.3, 0.4) is 0 Å². The van der Waals surface area contributed by atoms with Gasteiger partial charge in [0.1, 0.15) is 0 Å². The first-order chi connectivity index (χ1) is 6.74. The largest absolute Gasteiger partial charge is 0.330 e. The molecule has 2 rings (SSSR count). The van der Waals surface area contributed by atoms with Crippen LogP contribution in [-0.4, -0.2) is 16.2 Å². The lowest BCUT2D eigenvalue weighted by molar-refractivity contribution is 0.780. The lowest BCUT2D eigenvalue weighted by Crippen LogP contribution is -2.08. The molecule has 0 aromatic carbocycles. The third-order valence-electron chi connectivity index (χ3n) is 2.65. The van der Waals surface area contributed by atoms with E-state index < -0.39 is 0 Å². The smallest absolute Gasteiger partial charge is 0.0699 e. The van der Waals surface area contributed by atoms with Crippen LogP contribution in [0.1, 0.15) is 24.1 Å². The van der Waals surface area contributed by atoms with Crippen LogP contribution < -0.4 is 5.73 Å². The molecule has 2 aromatic heterocycles. The molecule has 0 fully saturated rings. The van der Waals surface area contributed by atoms with Crippen LogP contribution in [0.4, 0.5) is 0 Å². The summed E-state index contributed by atoms with van der Waals surface area (Å²) < 4.78 is 1.96. The molecule has 3 nitrogen and oxygen atoms in total. The maximum atomic E-state index is 5.66. The predicted octanol–water partition coefficient (Wildman–Crippen LogP) is 1.70. The van der Waals surface area contributed by atoms with Gasteiger partial charge < -0.3 is 5.73 Å². The summed E-state index contributed by atoms with van der Waals surface area (Å²) in [4.78, 5) is 0. The van der Waals surface area contributed by atoms with Crippen LogP contribution in [-0.2, 0) is 0 Å². The number of aryl methyl sites for hydroxylation is 1. The average Bonchev–Trinajstić information content (AvgIpc) is 2.62. The Balaban J connectivity index is 2.63. The highest BCUT2D eigenvalue weighted by molar-refractivity contribution is 5.55. The third-order valence-corrected chi connectivity index (χ3v) is 2.65. The molecule has 74 valence electrons. The molecule has 2 aromatic rings. The zero-order chi connectivity index (χ0) is 10.1. The molecule has 0 bridgehead atoms. The first-order valence-electron chi connectivity index (χ1n) is 4.87. The highest BCUT2D eigenvalue weighted by atomic mass is 15.2. The van der Waals surface area contributed by atoms with Gasteiger partial charge in [-0.25, -0.2) is 4.52 Å². The van der Waals surface area contributed by atoms with Gasteiger partial charge in [0.2, 0.25) is 0 Å². The van der Waals surface area contributed by atoms with E-state index in [1.165, 1.54) is 11.1 Å². The third kappa shape index (κ3) is 1.30. The fraction of sp³-hybridized carbons (Fsp3) is 0.364. The van der Waals surface area contributed by atoms with E-state index in [2.05, 4.69) is 37.1 Å². The van der Waals surface area contributed by atoms with Crippen molar-refractivity contribution in [1.29, 1.82) is 0 Å². The van der Waals surface area contributed by atoms with Gasteiger partial charge in [0, 0.05) is 11.3 Å². The summed E-state index contributed by atoms with van der Waals surface area (Å²) in [6, 6.07) is 6.19. The average molecular weight is 189 g/mol. The van der Waals surface area contributed by atoms with Crippen molar-refractivity contribution in [1.82, 2.24) is 9.61 Å². The van der Waals surface area contributed by atoms with Crippen molar-refractivity contribution in [2.75, 3.05) is 6.54 Å². The molecule has 0 aliphatic heterocycles. The Hall–Kier alpha value is -1.35. The van der Waals surface area contributed by atoms with Crippen molar-refractivity contribution >= 4 is 5.52 Å². The maximum absolute atomic E-state index is 5.66. The van der Waals surface area contributed by atoms with E-state index in [0.717, 1.165) is 5.69 Å². The minimum absolute atomic E-state index is 0.370. The van der Waals surface area contributed by atoms with Gasteiger partial charge in [-0.15, -0.1) is 0 Å². The van der Waals surface area contributed by atoms with E-state index in [1.807, 2.05) is 10.7 Å². The van der Waals surface area contributed by atoms with E-state index in [1.54, 1.807) is 0 Å². The number of rotatable bonds is 2. The van der Waals surface area contributed by atoms with E-state index in [9.17, 15) is 0 Å². The summed E-state index contributed by atoms with van der Waals surface area (Å²) in [7, 11) is 0. The van der Waals surface area contributed by atoms with Gasteiger partial charge in [-0.2, -0.15) is 5.10 Å². The van der Waals surface area contributed by atoms with Crippen molar-refractivity contribution in [2.45, 2.75) is 19.8 Å². The zero-order valence-corrected chi connectivity index (χ0v) is 8.57. The number of pyridine rings is 1. The van der Waals surface area contributed by atoms with E-state index >= 15 is 0 Å². The number of fused-ring (bicyclic) bond motifs is 1. The number of nitrogens with two attached hydrogens (primary N) is 1. The van der Waals surface area contributed by atoms with Gasteiger partial charge in [0.25, 0.3) is 0 Å². The van der Waals surface area contributed by atoms with Gasteiger partial charge in [0.15, 0.2) is 0 Å². The molecule has 3 heteroatoms. The van der Waals surface area contributed by atoms with Crippen LogP contribution in [0, 0.1) is 6.92 Å². The molecule has 0 amide bonds. The van der Waals surface area contributed by atoms with Crippen LogP contribution >= 0.6 is 0 Å². The zero-order valence-electron chi connectivity index (χ0n) is 8.57. The van der Waals surface area contributed by atoms with E-state index in [-0.39, 0.29) is 0 Å². The van der Waals surface area contributed by atoms with Gasteiger partial charge >= 0.3 is 0 Å². The first kappa shape index (κ1) is 9.21. The summed E-state index contributed by atoms with van der Waals surface area (Å²) in [5.41, 5.74) is 9.21. The molecule has 0 spiro atoms. The number of aromatic nitrogens is 2. The molecule has 0 saturated carbocycles. The lowest BCUT2D eigenvalue weighted by atomic mass is 10.0. The van der Waals surface area contributed by atoms with Crippen LogP contribution in [0.15, 0.2) is 24.4 Å². The standard InChI is InChI=1S/C11H15N3/c1-8(6-12)10-7-13-14-9(2)4-3-5-11(10)14/h3-5,7-8H,6,12H2,1-2H3. The monoisotopic (exact) mass is 189 g/mol. The van der Waals surface area contributed by atoms with Crippen LogP contribution in [0.5, 0.6) is 0 Å². The van der Waals surface area contributed by atoms with E-state index in [4.69, 9.17) is 5.73 Å². The second-order valence-electron chi connectivity index (χ2n) is 3.70. The van der Waals surface area contributed by atoms with Gasteiger partial charge in [-0.05, 0) is 31.5 Å². The minimum Gasteiger partial charge on any atom is -0.330 e. The van der Waals surface area contributed by atoms with Crippen molar-refractivity contribution in [3.63, 3.8) is 0 Å². The Kier molecular flexibility index (Phi) is 2.25. The molecule has 0 aliphatic rings. The normalized spacial score (nSPS) is 13.4. The lowest BCUT2D eigenvalue weighted by Gasteiger charge is -2.06. The molecular formula is C11H15N3. The maximum Gasteiger partial charge on any atom is 0.0699 e. The fourth-order valence-corrected chi connectivity index (χ4v) is 1.67. The van der Waals surface area contributed by atoms with Crippen molar-refractivity contribution in [2.24, 2.45) is 5.73 Å². The highest BCUT2D eigenvalue weighted by Gasteiger charge is 2.10. The summed E-state index contributed by atoms with van der Waals surface area (Å²) in [6.45, 7) is 4.84. The molecule has 0 radical (unpaired) electrons. The highest BCUT2D eigenvalue weighted by Crippen LogP contribution is 2.20. The van der Waals surface area contributed by atoms with Crippen molar-refractivity contribution in [3.05, 3.63) is 35.7 Å². The van der Waals surface area contributed by atoms with E-state index in [0.29, 0.717) is 12.5 Å². The molecule has 1 unspecified atom stereocenters. The summed E-state index contributed by atoms with van der Waals surface area (Å²) >= 11 is 0. The molecule has 2 heterocycles. The Morgan fingerprint density at radius 2 is 2.29 bits per heavy atom. The molecular weight excluding hydrogens is 174 g/mol. The SMILES string of the molecule is Cc1cccc2c(C(C)CN)cnn12. The quantitative estimate of drug-likeness (QED) is 0.781. The van der Waals surface area contributed by atoms with Crippen LogP contribution in [0.25, 0.3) is 5.52 Å². The van der Waals surface area contributed by atoms with Crippen molar-refractivity contribution in [3.8, 4) is 0 Å². The Bertz CT molecular complexity index is 445. The predicted molar refractivity (Wildman–Crippen MR) is 57.4 cm³/mol. The Morgan fingerprint density at radius 1 is 1.50 bits per heavy atom. The van der Waals surface area contributed by atoms with Gasteiger partial charge in [0.05, 0.1) is 11.7 Å². The summed E-state index contributed by atoms with van der Waals surface area (Å²) in [5.74, 6) is 0.370. The second-order valence-corrected chi connectivity index (χ2v) is 3.70.